The number of carboxylic acids is 1. The SMILES string of the molecule is O=C(Oc1ccccc1C(=O)O)c1ccc(C(F)(F)F)cc1. The molecule has 0 saturated carbocycles. The fourth-order valence-electron chi connectivity index (χ4n) is 1.69. The van der Waals surface area contributed by atoms with Crippen molar-refractivity contribution in [3.8, 4) is 5.75 Å². The van der Waals surface area contributed by atoms with Crippen molar-refractivity contribution in [2.24, 2.45) is 0 Å². The Morgan fingerprint density at radius 2 is 1.55 bits per heavy atom. The van der Waals surface area contributed by atoms with Gasteiger partial charge in [0.25, 0.3) is 0 Å². The second-order valence-corrected chi connectivity index (χ2v) is 4.27. The van der Waals surface area contributed by atoms with E-state index in [1.165, 1.54) is 24.3 Å². The van der Waals surface area contributed by atoms with E-state index in [9.17, 15) is 22.8 Å². The molecule has 0 radical (unpaired) electrons. The first kappa shape index (κ1) is 15.6. The molecule has 1 N–H and O–H groups in total. The summed E-state index contributed by atoms with van der Waals surface area (Å²) < 4.78 is 42.2. The van der Waals surface area contributed by atoms with Crippen LogP contribution in [0.2, 0.25) is 0 Å². The van der Waals surface area contributed by atoms with Gasteiger partial charge in [-0.2, -0.15) is 13.2 Å². The highest BCUT2D eigenvalue weighted by molar-refractivity contribution is 5.95. The normalized spacial score (nSPS) is 11.0. The van der Waals surface area contributed by atoms with Crippen LogP contribution in [0.25, 0.3) is 0 Å². The summed E-state index contributed by atoms with van der Waals surface area (Å²) in [5.74, 6) is -2.40. The summed E-state index contributed by atoms with van der Waals surface area (Å²) in [6, 6.07) is 8.90. The number of carbonyl (C=O) groups excluding carboxylic acids is 1. The quantitative estimate of drug-likeness (QED) is 0.694. The number of halogens is 3. The minimum atomic E-state index is -4.50. The predicted molar refractivity (Wildman–Crippen MR) is 69.8 cm³/mol. The Morgan fingerprint density at radius 1 is 0.955 bits per heavy atom. The van der Waals surface area contributed by atoms with Crippen molar-refractivity contribution in [3.05, 3.63) is 65.2 Å². The van der Waals surface area contributed by atoms with Gasteiger partial charge in [-0.3, -0.25) is 0 Å². The average Bonchev–Trinajstić information content (AvgIpc) is 2.46. The highest BCUT2D eigenvalue weighted by Gasteiger charge is 2.30. The van der Waals surface area contributed by atoms with E-state index in [1.807, 2.05) is 0 Å². The molecule has 0 aliphatic carbocycles. The highest BCUT2D eigenvalue weighted by Crippen LogP contribution is 2.29. The van der Waals surface area contributed by atoms with Crippen LogP contribution < -0.4 is 4.74 Å². The Bertz CT molecular complexity index is 705. The number of hydrogen-bond donors (Lipinski definition) is 1. The first-order valence-corrected chi connectivity index (χ1v) is 6.01. The molecule has 2 aromatic rings. The van der Waals surface area contributed by atoms with Gasteiger partial charge in [0.2, 0.25) is 0 Å². The number of para-hydroxylation sites is 1. The number of esters is 1. The van der Waals surface area contributed by atoms with Gasteiger partial charge in [-0.05, 0) is 36.4 Å². The number of hydrogen-bond acceptors (Lipinski definition) is 3. The van der Waals surface area contributed by atoms with E-state index in [4.69, 9.17) is 9.84 Å². The molecule has 0 amide bonds. The van der Waals surface area contributed by atoms with Crippen molar-refractivity contribution >= 4 is 11.9 Å². The summed E-state index contributed by atoms with van der Waals surface area (Å²) in [7, 11) is 0. The van der Waals surface area contributed by atoms with Crippen LogP contribution in [0, 0.1) is 0 Å². The summed E-state index contributed by atoms with van der Waals surface area (Å²) in [6.07, 6.45) is -4.50. The van der Waals surface area contributed by atoms with Crippen LogP contribution in [0.1, 0.15) is 26.3 Å². The first-order valence-electron chi connectivity index (χ1n) is 6.01. The lowest BCUT2D eigenvalue weighted by Crippen LogP contribution is -2.12. The molecule has 114 valence electrons. The van der Waals surface area contributed by atoms with Crippen LogP contribution in [0.15, 0.2) is 48.5 Å². The van der Waals surface area contributed by atoms with Crippen LogP contribution in [0.4, 0.5) is 13.2 Å². The average molecular weight is 310 g/mol. The molecule has 0 unspecified atom stereocenters. The number of ether oxygens (including phenoxy) is 1. The lowest BCUT2D eigenvalue weighted by molar-refractivity contribution is -0.137. The lowest BCUT2D eigenvalue weighted by Gasteiger charge is -2.09. The number of carboxylic acid groups (broad SMARTS) is 1. The van der Waals surface area contributed by atoms with E-state index < -0.39 is 23.7 Å². The van der Waals surface area contributed by atoms with Crippen LogP contribution in [0.5, 0.6) is 5.75 Å². The van der Waals surface area contributed by atoms with Crippen LogP contribution in [-0.4, -0.2) is 17.0 Å². The lowest BCUT2D eigenvalue weighted by atomic mass is 10.1. The van der Waals surface area contributed by atoms with Crippen molar-refractivity contribution in [3.63, 3.8) is 0 Å². The maximum atomic E-state index is 12.4. The third-order valence-electron chi connectivity index (χ3n) is 2.77. The van der Waals surface area contributed by atoms with Gasteiger partial charge in [0.1, 0.15) is 11.3 Å². The van der Waals surface area contributed by atoms with E-state index in [-0.39, 0.29) is 16.9 Å². The van der Waals surface area contributed by atoms with E-state index in [0.717, 1.165) is 24.3 Å². The number of rotatable bonds is 3. The maximum absolute atomic E-state index is 12.4. The minimum absolute atomic E-state index is 0.117. The smallest absolute Gasteiger partial charge is 0.416 e. The fraction of sp³-hybridized carbons (Fsp3) is 0.0667. The molecule has 0 saturated heterocycles. The Morgan fingerprint density at radius 3 is 2.09 bits per heavy atom. The molecule has 2 aromatic carbocycles. The number of benzene rings is 2. The topological polar surface area (TPSA) is 63.6 Å². The Labute approximate surface area is 122 Å². The van der Waals surface area contributed by atoms with E-state index in [1.54, 1.807) is 0 Å². The van der Waals surface area contributed by atoms with Crippen molar-refractivity contribution < 1.29 is 32.6 Å². The summed E-state index contributed by atoms with van der Waals surface area (Å²) >= 11 is 0. The van der Waals surface area contributed by atoms with Gasteiger partial charge in [0.05, 0.1) is 11.1 Å². The molecular formula is C15H9F3O4. The molecule has 0 fully saturated rings. The van der Waals surface area contributed by atoms with Gasteiger partial charge < -0.3 is 9.84 Å². The van der Waals surface area contributed by atoms with Gasteiger partial charge in [-0.25, -0.2) is 9.59 Å². The molecule has 22 heavy (non-hydrogen) atoms. The molecule has 0 atom stereocenters. The third-order valence-corrected chi connectivity index (χ3v) is 2.77. The largest absolute Gasteiger partial charge is 0.478 e. The van der Waals surface area contributed by atoms with Crippen molar-refractivity contribution in [2.45, 2.75) is 6.18 Å². The van der Waals surface area contributed by atoms with Crippen LogP contribution in [-0.2, 0) is 6.18 Å². The monoisotopic (exact) mass is 310 g/mol. The molecule has 0 bridgehead atoms. The molecule has 0 spiro atoms. The Kier molecular flexibility index (Phi) is 4.16. The molecule has 0 aliphatic heterocycles. The molecule has 4 nitrogen and oxygen atoms in total. The number of alkyl halides is 3. The van der Waals surface area contributed by atoms with Gasteiger partial charge >= 0.3 is 18.1 Å². The van der Waals surface area contributed by atoms with E-state index in [0.29, 0.717) is 0 Å². The summed E-state index contributed by atoms with van der Waals surface area (Å²) in [5.41, 5.74) is -1.23. The summed E-state index contributed by atoms with van der Waals surface area (Å²) in [4.78, 5) is 22.8. The molecule has 2 rings (SSSR count). The van der Waals surface area contributed by atoms with Crippen LogP contribution >= 0.6 is 0 Å². The fourth-order valence-corrected chi connectivity index (χ4v) is 1.69. The second kappa shape index (κ2) is 5.88. The zero-order valence-corrected chi connectivity index (χ0v) is 10.9. The standard InChI is InChI=1S/C15H9F3O4/c16-15(17,18)10-7-5-9(6-8-10)14(21)22-12-4-2-1-3-11(12)13(19)20/h1-8H,(H,19,20). The van der Waals surface area contributed by atoms with E-state index in [2.05, 4.69) is 0 Å². The van der Waals surface area contributed by atoms with Crippen molar-refractivity contribution in [1.29, 1.82) is 0 Å². The van der Waals surface area contributed by atoms with Gasteiger partial charge in [-0.1, -0.05) is 12.1 Å². The zero-order valence-electron chi connectivity index (χ0n) is 10.9. The zero-order chi connectivity index (χ0) is 16.3. The predicted octanol–water partition coefficient (Wildman–Crippen LogP) is 3.62. The molecule has 0 heterocycles. The summed E-state index contributed by atoms with van der Waals surface area (Å²) in [6.45, 7) is 0. The number of carbonyl (C=O) groups is 2. The van der Waals surface area contributed by atoms with Crippen LogP contribution in [0.3, 0.4) is 0 Å². The van der Waals surface area contributed by atoms with Gasteiger partial charge in [-0.15, -0.1) is 0 Å². The second-order valence-electron chi connectivity index (χ2n) is 4.27. The maximum Gasteiger partial charge on any atom is 0.416 e. The number of aromatic carboxylic acids is 1. The Hall–Kier alpha value is -2.83. The first-order chi connectivity index (χ1) is 10.3. The molecule has 0 aliphatic rings. The van der Waals surface area contributed by atoms with E-state index >= 15 is 0 Å². The van der Waals surface area contributed by atoms with Crippen molar-refractivity contribution in [1.82, 2.24) is 0 Å². The highest BCUT2D eigenvalue weighted by atomic mass is 19.4. The van der Waals surface area contributed by atoms with Gasteiger partial charge in [0.15, 0.2) is 0 Å². The summed E-state index contributed by atoms with van der Waals surface area (Å²) in [5, 5.41) is 8.96. The molecule has 7 heteroatoms. The molecular weight excluding hydrogens is 301 g/mol. The van der Waals surface area contributed by atoms with Crippen molar-refractivity contribution in [2.75, 3.05) is 0 Å². The molecule has 0 aromatic heterocycles. The minimum Gasteiger partial charge on any atom is -0.478 e. The van der Waals surface area contributed by atoms with Gasteiger partial charge in [0, 0.05) is 0 Å². The third kappa shape index (κ3) is 3.43. The Balaban J connectivity index is 2.22.